The fraction of sp³-hybridized carbons (Fsp3) is 0. The molecule has 0 unspecified atom stereocenters. The van der Waals surface area contributed by atoms with Gasteiger partial charge in [0.1, 0.15) is 0 Å². The van der Waals surface area contributed by atoms with Gasteiger partial charge in [0.2, 0.25) is 0 Å². The van der Waals surface area contributed by atoms with Gasteiger partial charge in [-0.2, -0.15) is 0 Å². The van der Waals surface area contributed by atoms with E-state index in [-0.39, 0.29) is 13.7 Å². The van der Waals surface area contributed by atoms with E-state index in [0.29, 0.717) is 0 Å². The van der Waals surface area contributed by atoms with Crippen LogP contribution in [0.25, 0.3) is 120 Å². The van der Waals surface area contributed by atoms with Crippen molar-refractivity contribution in [2.75, 3.05) is 9.80 Å². The van der Waals surface area contributed by atoms with Gasteiger partial charge in [-0.3, -0.25) is 0 Å². The molecule has 6 aliphatic rings. The fourth-order valence-electron chi connectivity index (χ4n) is 19.3. The number of hydrogen-bond acceptors (Lipinski definition) is 3. The molecule has 0 atom stereocenters. The topological polar surface area (TPSA) is 25.6 Å². The molecule has 0 fully saturated rings. The maximum atomic E-state index is 6.85. The molecule has 6 aliphatic heterocycles. The normalized spacial score (nSPS) is 14.3. The van der Waals surface area contributed by atoms with Gasteiger partial charge >= 0.3 is 13.7 Å². The molecule has 0 radical (unpaired) electrons. The van der Waals surface area contributed by atoms with Crippen molar-refractivity contribution in [1.82, 2.24) is 8.96 Å². The number of ether oxygens (including phenoxy) is 1. The Balaban J connectivity index is 0.739. The van der Waals surface area contributed by atoms with Crippen molar-refractivity contribution in [2.45, 2.75) is 0 Å². The first-order chi connectivity index (χ1) is 47.6. The Bertz CT molecular complexity index is 6630. The molecule has 0 amide bonds. The summed E-state index contributed by atoms with van der Waals surface area (Å²) in [6.07, 6.45) is 0. The average molecular weight is 1230 g/mol. The van der Waals surface area contributed by atoms with Crippen LogP contribution in [0.1, 0.15) is 0 Å². The standard InChI is InChI=1S/C88H50B2N4OSi/c1-3-22-59(23-4-1)96(60-24-5-2-6-25-60)79-37-14-12-34-73(79)91-76-50-58-44-54(41-42-61(58)81-66-30-16-28-64-67-45-51-19-7-8-20-52(51)48-74(67)94(85(64)66)90(83(76)81)71-32-18-38-80(96)88(71)91)53-39-40-55-49-75-68(47-57(55)43-53)63-27-15-29-65-69-46-56-21-9-10-26-62(56)86-82(69)89(93(75)84(63)65)70-31-17-36-78-87(70)92(86)72-33-11-13-35-77(72)95-78/h1-50H. The molecule has 96 heavy (non-hydrogen) atoms. The maximum absolute atomic E-state index is 6.85. The summed E-state index contributed by atoms with van der Waals surface area (Å²) in [5.74, 6) is 1.75. The van der Waals surface area contributed by atoms with Gasteiger partial charge in [-0.1, -0.05) is 231 Å². The van der Waals surface area contributed by atoms with E-state index in [2.05, 4.69) is 322 Å². The van der Waals surface area contributed by atoms with E-state index in [9.17, 15) is 0 Å². The largest absolute Gasteiger partial charge is 0.453 e. The first-order valence-corrected chi connectivity index (χ1v) is 35.6. The number of para-hydroxylation sites is 7. The van der Waals surface area contributed by atoms with E-state index in [1.54, 1.807) is 0 Å². The summed E-state index contributed by atoms with van der Waals surface area (Å²) in [6, 6.07) is 116. The van der Waals surface area contributed by atoms with E-state index in [0.717, 1.165) is 22.9 Å². The van der Waals surface area contributed by atoms with Crippen molar-refractivity contribution in [1.29, 1.82) is 0 Å². The Labute approximate surface area is 553 Å². The Hall–Kier alpha value is -12.1. The van der Waals surface area contributed by atoms with E-state index < -0.39 is 8.07 Å². The zero-order valence-corrected chi connectivity index (χ0v) is 52.7. The molecule has 5 nitrogen and oxygen atoms in total. The maximum Gasteiger partial charge on any atom is 0.333 e. The molecule has 18 aromatic rings. The van der Waals surface area contributed by atoms with Crippen LogP contribution >= 0.6 is 0 Å². The van der Waals surface area contributed by atoms with Crippen LogP contribution in [-0.4, -0.2) is 30.7 Å². The number of benzene rings is 16. The summed E-state index contributed by atoms with van der Waals surface area (Å²) in [7, 11) is -2.98. The molecule has 0 N–H and O–H groups in total. The number of fused-ring (bicyclic) bond motifs is 24. The molecule has 438 valence electrons. The van der Waals surface area contributed by atoms with Crippen LogP contribution in [0, 0.1) is 0 Å². The number of rotatable bonds is 3. The number of aromatic nitrogens is 2. The second-order valence-electron chi connectivity index (χ2n) is 27.3. The molecule has 0 spiro atoms. The van der Waals surface area contributed by atoms with Gasteiger partial charge in [-0.05, 0) is 175 Å². The smallest absolute Gasteiger partial charge is 0.333 e. The van der Waals surface area contributed by atoms with Gasteiger partial charge < -0.3 is 23.5 Å². The van der Waals surface area contributed by atoms with Crippen LogP contribution in [-0.2, 0) is 0 Å². The second kappa shape index (κ2) is 17.8. The average Bonchev–Trinajstić information content (AvgIpc) is 1.18. The summed E-state index contributed by atoms with van der Waals surface area (Å²) in [5.41, 5.74) is 25.2. The van der Waals surface area contributed by atoms with Crippen LogP contribution < -0.4 is 57.1 Å². The summed E-state index contributed by atoms with van der Waals surface area (Å²) in [4.78, 5) is 5.21. The van der Waals surface area contributed by atoms with E-state index in [4.69, 9.17) is 4.74 Å². The molecule has 8 heteroatoms. The van der Waals surface area contributed by atoms with Crippen LogP contribution in [0.5, 0.6) is 11.5 Å². The van der Waals surface area contributed by atoms with E-state index in [1.807, 2.05) is 0 Å². The number of anilines is 6. The minimum absolute atomic E-state index is 0.0959. The molecule has 2 aromatic heterocycles. The highest BCUT2D eigenvalue weighted by Crippen LogP contribution is 2.56. The van der Waals surface area contributed by atoms with Crippen LogP contribution in [0.4, 0.5) is 34.1 Å². The summed E-state index contributed by atoms with van der Waals surface area (Å²) in [5, 5.41) is 20.6. The minimum atomic E-state index is -2.98. The predicted molar refractivity (Wildman–Crippen MR) is 406 cm³/mol. The van der Waals surface area contributed by atoms with Crippen molar-refractivity contribution in [3.05, 3.63) is 303 Å². The highest BCUT2D eigenvalue weighted by molar-refractivity contribution is 7.21. The molecule has 16 aromatic carbocycles. The molecule has 0 saturated heterocycles. The zero-order chi connectivity index (χ0) is 62.0. The van der Waals surface area contributed by atoms with Gasteiger partial charge in [0.05, 0.1) is 17.1 Å². The van der Waals surface area contributed by atoms with Gasteiger partial charge in [0, 0.05) is 77.2 Å². The summed E-state index contributed by atoms with van der Waals surface area (Å²) in [6.45, 7) is -0.205. The highest BCUT2D eigenvalue weighted by atomic mass is 28.3. The van der Waals surface area contributed by atoms with Crippen molar-refractivity contribution >= 4 is 185 Å². The van der Waals surface area contributed by atoms with Gasteiger partial charge in [-0.15, -0.1) is 0 Å². The quantitative estimate of drug-likeness (QED) is 0.165. The van der Waals surface area contributed by atoms with Crippen LogP contribution in [0.15, 0.2) is 303 Å². The first kappa shape index (κ1) is 50.5. The third-order valence-electron chi connectivity index (χ3n) is 22.9. The monoisotopic (exact) mass is 1230 g/mol. The summed E-state index contributed by atoms with van der Waals surface area (Å²) < 4.78 is 12.3. The Morgan fingerprint density at radius 3 is 1.64 bits per heavy atom. The van der Waals surface area contributed by atoms with Gasteiger partial charge in [0.25, 0.3) is 0 Å². The number of nitrogens with zero attached hydrogens (tertiary/aromatic N) is 4. The van der Waals surface area contributed by atoms with Gasteiger partial charge in [-0.25, -0.2) is 0 Å². The van der Waals surface area contributed by atoms with Gasteiger partial charge in [0.15, 0.2) is 19.6 Å². The molecular weight excluding hydrogens is 1180 g/mol. The van der Waals surface area contributed by atoms with Crippen molar-refractivity contribution < 1.29 is 4.74 Å². The minimum Gasteiger partial charge on any atom is -0.453 e. The zero-order valence-electron chi connectivity index (χ0n) is 51.7. The summed E-state index contributed by atoms with van der Waals surface area (Å²) >= 11 is 0. The molecular formula is C88H50B2N4OSi. The third-order valence-corrected chi connectivity index (χ3v) is 27.8. The fourth-order valence-corrected chi connectivity index (χ4v) is 24.4. The third kappa shape index (κ3) is 6.04. The SMILES string of the molecule is c1ccc([Si]2(c3ccccc3)c3ccccc3N3c4cc5cc(-c6ccc7cc8c(cc7c6)c6cccc7c6n8B6c8cccc9c8N(c8ccccc8O9)c8c6c-7cc6ccccc86)ccc5c5c4B(c4cccc2c43)n2c3cc4ccccc4cc3c3cccc-5c32)cc1. The van der Waals surface area contributed by atoms with Crippen LogP contribution in [0.2, 0.25) is 0 Å². The van der Waals surface area contributed by atoms with Crippen LogP contribution in [0.3, 0.4) is 0 Å². The Morgan fingerprint density at radius 1 is 0.292 bits per heavy atom. The lowest BCUT2D eigenvalue weighted by Crippen LogP contribution is -2.78. The highest BCUT2D eigenvalue weighted by Gasteiger charge is 2.54. The second-order valence-corrected chi connectivity index (χ2v) is 31.0. The molecule has 8 heterocycles. The predicted octanol–water partition coefficient (Wildman–Crippen LogP) is 16.8. The van der Waals surface area contributed by atoms with Crippen molar-refractivity contribution in [3.8, 4) is 44.9 Å². The Kier molecular flexibility index (Phi) is 9.34. The lowest BCUT2D eigenvalue weighted by Gasteiger charge is -2.49. The van der Waals surface area contributed by atoms with E-state index in [1.165, 1.54) is 185 Å². The molecule has 0 saturated carbocycles. The first-order valence-electron chi connectivity index (χ1n) is 33.6. The Morgan fingerprint density at radius 2 is 0.854 bits per heavy atom. The molecule has 0 aliphatic carbocycles. The molecule has 24 rings (SSSR count). The lowest BCUT2D eigenvalue weighted by molar-refractivity contribution is 0.477. The lowest BCUT2D eigenvalue weighted by atomic mass is 9.44. The van der Waals surface area contributed by atoms with Crippen molar-refractivity contribution in [2.24, 2.45) is 0 Å². The van der Waals surface area contributed by atoms with E-state index >= 15 is 0 Å². The number of hydrogen-bond donors (Lipinski definition) is 0. The van der Waals surface area contributed by atoms with Crippen molar-refractivity contribution in [3.63, 3.8) is 0 Å². The molecule has 0 bridgehead atoms.